The molecule has 1 heterocycles. The number of rotatable bonds is 3. The zero-order chi connectivity index (χ0) is 18.4. The zero-order valence-electron chi connectivity index (χ0n) is 15.8. The van der Waals surface area contributed by atoms with Crippen LogP contribution in [0.4, 0.5) is 0 Å². The molecule has 0 aliphatic carbocycles. The van der Waals surface area contributed by atoms with Crippen LogP contribution in [0, 0.1) is 13.8 Å². The molecule has 2 aromatic rings. The van der Waals surface area contributed by atoms with Crippen molar-refractivity contribution in [3.63, 3.8) is 0 Å². The lowest BCUT2D eigenvalue weighted by atomic mass is 9.77. The Labute approximate surface area is 150 Å². The summed E-state index contributed by atoms with van der Waals surface area (Å²) in [5.41, 5.74) is 5.38. The van der Waals surface area contributed by atoms with Crippen molar-refractivity contribution in [1.82, 2.24) is 0 Å². The molecule has 0 aromatic heterocycles. The normalized spacial score (nSPS) is 18.4. The molecule has 0 radical (unpaired) electrons. The minimum Gasteiger partial charge on any atom is -0.399 e. The lowest BCUT2D eigenvalue weighted by Crippen LogP contribution is -2.41. The van der Waals surface area contributed by atoms with E-state index in [1.165, 1.54) is 5.56 Å². The second-order valence-corrected chi connectivity index (χ2v) is 7.84. The molecule has 3 nitrogen and oxygen atoms in total. The highest BCUT2D eigenvalue weighted by Gasteiger charge is 2.51. The van der Waals surface area contributed by atoms with Crippen molar-refractivity contribution in [3.8, 4) is 11.1 Å². The summed E-state index contributed by atoms with van der Waals surface area (Å²) < 4.78 is 12.3. The Bertz CT molecular complexity index is 808. The van der Waals surface area contributed by atoms with Crippen molar-refractivity contribution in [2.75, 3.05) is 0 Å². The van der Waals surface area contributed by atoms with Crippen LogP contribution in [-0.4, -0.2) is 24.6 Å². The molecule has 1 fully saturated rings. The summed E-state index contributed by atoms with van der Waals surface area (Å²) in [7, 11) is -0.388. The van der Waals surface area contributed by atoms with E-state index in [-0.39, 0.29) is 18.3 Å². The zero-order valence-corrected chi connectivity index (χ0v) is 15.8. The molecule has 1 aliphatic heterocycles. The third-order valence-electron chi connectivity index (χ3n) is 5.55. The highest BCUT2D eigenvalue weighted by molar-refractivity contribution is 6.62. The fourth-order valence-corrected chi connectivity index (χ4v) is 3.09. The lowest BCUT2D eigenvalue weighted by molar-refractivity contribution is 0.00578. The molecular weight excluding hydrogens is 311 g/mol. The van der Waals surface area contributed by atoms with E-state index in [1.807, 2.05) is 31.2 Å². The van der Waals surface area contributed by atoms with Crippen molar-refractivity contribution in [2.24, 2.45) is 0 Å². The fourth-order valence-electron chi connectivity index (χ4n) is 3.09. The molecule has 0 bridgehead atoms. The van der Waals surface area contributed by atoms with Crippen LogP contribution in [0.15, 0.2) is 36.4 Å². The van der Waals surface area contributed by atoms with Crippen molar-refractivity contribution >= 4 is 18.9 Å². The summed E-state index contributed by atoms with van der Waals surface area (Å²) in [5.74, 6) is 0. The Morgan fingerprint density at radius 2 is 1.60 bits per heavy atom. The minimum absolute atomic E-state index is 0.363. The molecular formula is C21H25BO3. The molecule has 1 aliphatic rings. The first-order valence-electron chi connectivity index (χ1n) is 8.67. The summed E-state index contributed by atoms with van der Waals surface area (Å²) >= 11 is 0. The first-order chi connectivity index (χ1) is 11.6. The van der Waals surface area contributed by atoms with Gasteiger partial charge >= 0.3 is 7.12 Å². The van der Waals surface area contributed by atoms with E-state index in [0.717, 1.165) is 28.4 Å². The van der Waals surface area contributed by atoms with E-state index >= 15 is 0 Å². The van der Waals surface area contributed by atoms with Crippen LogP contribution in [0.1, 0.15) is 49.2 Å². The number of benzene rings is 2. The van der Waals surface area contributed by atoms with Crippen LogP contribution in [0.3, 0.4) is 0 Å². The van der Waals surface area contributed by atoms with Crippen LogP contribution < -0.4 is 5.46 Å². The summed E-state index contributed by atoms with van der Waals surface area (Å²) in [6.45, 7) is 12.3. The average molecular weight is 336 g/mol. The molecule has 130 valence electrons. The molecule has 3 rings (SSSR count). The largest absolute Gasteiger partial charge is 0.494 e. The first-order valence-corrected chi connectivity index (χ1v) is 8.67. The number of aldehydes is 1. The van der Waals surface area contributed by atoms with Gasteiger partial charge in [-0.3, -0.25) is 4.79 Å². The van der Waals surface area contributed by atoms with E-state index in [4.69, 9.17) is 9.31 Å². The SMILES string of the molecule is Cc1cc(C=O)cc(-c2cccc(B3OC(C)(C)C(C)(C)O3)c2)c1C. The topological polar surface area (TPSA) is 35.5 Å². The van der Waals surface area contributed by atoms with Gasteiger partial charge in [0, 0.05) is 5.56 Å². The predicted molar refractivity (Wildman–Crippen MR) is 102 cm³/mol. The van der Waals surface area contributed by atoms with Crippen LogP contribution in [0.5, 0.6) is 0 Å². The third kappa shape index (κ3) is 3.16. The van der Waals surface area contributed by atoms with Crippen molar-refractivity contribution in [2.45, 2.75) is 52.7 Å². The minimum atomic E-state index is -0.388. The number of hydrogen-bond donors (Lipinski definition) is 0. The van der Waals surface area contributed by atoms with Gasteiger partial charge in [-0.25, -0.2) is 0 Å². The Morgan fingerprint density at radius 1 is 0.960 bits per heavy atom. The molecule has 0 saturated carbocycles. The number of aryl methyl sites for hydroxylation is 1. The Hall–Kier alpha value is -1.91. The van der Waals surface area contributed by atoms with E-state index < -0.39 is 0 Å². The van der Waals surface area contributed by atoms with Gasteiger partial charge in [0.05, 0.1) is 11.2 Å². The molecule has 4 heteroatoms. The van der Waals surface area contributed by atoms with Gasteiger partial charge in [0.15, 0.2) is 0 Å². The average Bonchev–Trinajstić information content (AvgIpc) is 2.78. The van der Waals surface area contributed by atoms with Crippen molar-refractivity contribution in [1.29, 1.82) is 0 Å². The second kappa shape index (κ2) is 6.12. The molecule has 25 heavy (non-hydrogen) atoms. The molecule has 0 spiro atoms. The summed E-state index contributed by atoms with van der Waals surface area (Å²) in [4.78, 5) is 11.2. The van der Waals surface area contributed by atoms with Gasteiger partial charge in [-0.2, -0.15) is 0 Å². The predicted octanol–water partition coefficient (Wildman–Crippen LogP) is 4.08. The monoisotopic (exact) mass is 336 g/mol. The Kier molecular flexibility index (Phi) is 4.38. The standard InChI is InChI=1S/C21H25BO3/c1-14-10-16(13-23)11-19(15(14)2)17-8-7-9-18(12-17)22-24-20(3,4)21(5,6)25-22/h7-13H,1-6H3. The van der Waals surface area contributed by atoms with Crippen LogP contribution in [0.25, 0.3) is 11.1 Å². The lowest BCUT2D eigenvalue weighted by Gasteiger charge is -2.32. The van der Waals surface area contributed by atoms with Gasteiger partial charge in [0.2, 0.25) is 0 Å². The van der Waals surface area contributed by atoms with E-state index in [2.05, 4.69) is 46.8 Å². The van der Waals surface area contributed by atoms with Gasteiger partial charge in [-0.05, 0) is 81.4 Å². The van der Waals surface area contributed by atoms with Crippen LogP contribution in [0.2, 0.25) is 0 Å². The summed E-state index contributed by atoms with van der Waals surface area (Å²) in [6, 6.07) is 12.1. The van der Waals surface area contributed by atoms with Gasteiger partial charge in [-0.15, -0.1) is 0 Å². The second-order valence-electron chi connectivity index (χ2n) is 7.84. The molecule has 0 amide bonds. The summed E-state index contributed by atoms with van der Waals surface area (Å²) in [6.07, 6.45) is 0.897. The van der Waals surface area contributed by atoms with Crippen molar-refractivity contribution in [3.05, 3.63) is 53.1 Å². The number of carbonyl (C=O) groups is 1. The first kappa shape index (κ1) is 17.9. The maximum absolute atomic E-state index is 11.2. The fraction of sp³-hybridized carbons (Fsp3) is 0.381. The third-order valence-corrected chi connectivity index (χ3v) is 5.55. The van der Waals surface area contributed by atoms with Crippen molar-refractivity contribution < 1.29 is 14.1 Å². The molecule has 1 saturated heterocycles. The highest BCUT2D eigenvalue weighted by Crippen LogP contribution is 2.36. The molecule has 0 N–H and O–H groups in total. The van der Waals surface area contributed by atoms with Gasteiger partial charge in [0.1, 0.15) is 6.29 Å². The van der Waals surface area contributed by atoms with Crippen LogP contribution >= 0.6 is 0 Å². The van der Waals surface area contributed by atoms with Crippen LogP contribution in [-0.2, 0) is 9.31 Å². The Balaban J connectivity index is 2.02. The maximum atomic E-state index is 11.2. The molecule has 0 atom stereocenters. The van der Waals surface area contributed by atoms with E-state index in [0.29, 0.717) is 5.56 Å². The molecule has 2 aromatic carbocycles. The smallest absolute Gasteiger partial charge is 0.399 e. The van der Waals surface area contributed by atoms with Gasteiger partial charge < -0.3 is 9.31 Å². The number of carbonyl (C=O) groups excluding carboxylic acids is 1. The van der Waals surface area contributed by atoms with Gasteiger partial charge in [-0.1, -0.05) is 24.3 Å². The summed E-state index contributed by atoms with van der Waals surface area (Å²) in [5, 5.41) is 0. The quantitative estimate of drug-likeness (QED) is 0.626. The Morgan fingerprint density at radius 3 is 2.20 bits per heavy atom. The maximum Gasteiger partial charge on any atom is 0.494 e. The van der Waals surface area contributed by atoms with Gasteiger partial charge in [0.25, 0.3) is 0 Å². The van der Waals surface area contributed by atoms with E-state index in [9.17, 15) is 4.79 Å². The highest BCUT2D eigenvalue weighted by atomic mass is 16.7. The number of hydrogen-bond acceptors (Lipinski definition) is 3. The molecule has 0 unspecified atom stereocenters. The van der Waals surface area contributed by atoms with E-state index in [1.54, 1.807) is 0 Å².